The minimum absolute atomic E-state index is 0.0154. The Morgan fingerprint density at radius 3 is 2.93 bits per heavy atom. The zero-order chi connectivity index (χ0) is 19.8. The molecule has 5 atom stereocenters. The van der Waals surface area contributed by atoms with Crippen molar-refractivity contribution in [3.05, 3.63) is 47.5 Å². The topological polar surface area (TPSA) is 57.2 Å². The number of rotatable bonds is 9. The molecule has 3 rings (SSSR count). The van der Waals surface area contributed by atoms with Gasteiger partial charge >= 0.3 is 7.20 Å². The van der Waals surface area contributed by atoms with E-state index in [0.717, 1.165) is 43.2 Å². The standard InChI is InChI=1S/C20H30BO5PS/c1-14-9-17(6-8-24-21-27-28)25-19(10-14)12-18-5-7-23-20(26-18)16-4-2-3-15(11-16)13-22/h2-4,11,17-22,27-28H,1,5-10,12-13H2/t17-,18-,19+,20-/m0/s1. The number of thiol groups is 1. The molecule has 1 unspecified atom stereocenters. The van der Waals surface area contributed by atoms with Gasteiger partial charge in [-0.15, -0.1) is 0 Å². The second-order valence-electron chi connectivity index (χ2n) is 7.43. The van der Waals surface area contributed by atoms with Crippen molar-refractivity contribution >= 4 is 27.1 Å². The van der Waals surface area contributed by atoms with Gasteiger partial charge in [-0.2, -0.15) is 12.2 Å². The summed E-state index contributed by atoms with van der Waals surface area (Å²) >= 11 is 4.19. The highest BCUT2D eigenvalue weighted by Crippen LogP contribution is 2.33. The van der Waals surface area contributed by atoms with Crippen LogP contribution in [0, 0.1) is 0 Å². The lowest BCUT2D eigenvalue weighted by molar-refractivity contribution is -0.225. The molecule has 1 aromatic carbocycles. The molecule has 0 amide bonds. The molecule has 8 heteroatoms. The van der Waals surface area contributed by atoms with E-state index in [9.17, 15) is 5.11 Å². The van der Waals surface area contributed by atoms with Crippen LogP contribution in [0.15, 0.2) is 36.4 Å². The molecular formula is C20H30BO5PS. The van der Waals surface area contributed by atoms with Crippen molar-refractivity contribution in [1.29, 1.82) is 0 Å². The predicted octanol–water partition coefficient (Wildman–Crippen LogP) is 3.67. The fourth-order valence-corrected chi connectivity index (χ4v) is 4.31. The van der Waals surface area contributed by atoms with Crippen LogP contribution in [0.2, 0.25) is 0 Å². The normalized spacial score (nSPS) is 28.7. The zero-order valence-corrected chi connectivity index (χ0v) is 18.1. The average Bonchev–Trinajstić information content (AvgIpc) is 2.71. The van der Waals surface area contributed by atoms with Crippen LogP contribution in [0.4, 0.5) is 0 Å². The van der Waals surface area contributed by atoms with Crippen molar-refractivity contribution in [2.45, 2.75) is 63.3 Å². The second-order valence-corrected chi connectivity index (χ2v) is 8.98. The summed E-state index contributed by atoms with van der Waals surface area (Å²) in [6.45, 7) is 5.59. The SMILES string of the molecule is C=C1C[C@H](C[C@@H]2CCO[C@H](c3cccc(CO)c3)O2)O[C@@H](CCOBPS)C1. The fraction of sp³-hybridized carbons (Fsp3) is 0.600. The molecule has 0 aliphatic carbocycles. The molecule has 2 heterocycles. The van der Waals surface area contributed by atoms with E-state index in [1.165, 1.54) is 5.57 Å². The number of benzene rings is 1. The van der Waals surface area contributed by atoms with E-state index >= 15 is 0 Å². The monoisotopic (exact) mass is 424 g/mol. The molecule has 2 fully saturated rings. The van der Waals surface area contributed by atoms with Crippen LogP contribution in [0.25, 0.3) is 0 Å². The molecule has 154 valence electrons. The minimum Gasteiger partial charge on any atom is -0.434 e. The number of hydrogen-bond acceptors (Lipinski definition) is 6. The molecule has 0 saturated carbocycles. The maximum atomic E-state index is 9.35. The van der Waals surface area contributed by atoms with E-state index in [1.54, 1.807) is 0 Å². The molecule has 28 heavy (non-hydrogen) atoms. The highest BCUT2D eigenvalue weighted by Gasteiger charge is 2.31. The Morgan fingerprint density at radius 1 is 1.25 bits per heavy atom. The molecule has 5 nitrogen and oxygen atoms in total. The molecule has 1 N–H and O–H groups in total. The fourth-order valence-electron chi connectivity index (χ4n) is 3.81. The molecule has 0 aromatic heterocycles. The first-order valence-electron chi connectivity index (χ1n) is 9.91. The van der Waals surface area contributed by atoms with Gasteiger partial charge in [0.25, 0.3) is 0 Å². The van der Waals surface area contributed by atoms with Gasteiger partial charge in [-0.1, -0.05) is 38.0 Å². The predicted molar refractivity (Wildman–Crippen MR) is 117 cm³/mol. The Kier molecular flexibility index (Phi) is 9.32. The molecule has 2 aliphatic rings. The Hall–Kier alpha value is -0.395. The van der Waals surface area contributed by atoms with Gasteiger partial charge in [-0.05, 0) is 37.3 Å². The second kappa shape index (κ2) is 11.7. The van der Waals surface area contributed by atoms with Crippen molar-refractivity contribution in [1.82, 2.24) is 0 Å². The van der Waals surface area contributed by atoms with Gasteiger partial charge in [0.05, 0.1) is 31.5 Å². The largest absolute Gasteiger partial charge is 0.434 e. The minimum atomic E-state index is -0.386. The Morgan fingerprint density at radius 2 is 2.11 bits per heavy atom. The molecule has 1 aromatic rings. The lowest BCUT2D eigenvalue weighted by Crippen LogP contribution is -2.35. The van der Waals surface area contributed by atoms with Gasteiger partial charge in [0.1, 0.15) is 0 Å². The molecule has 2 aliphatic heterocycles. The molecule has 0 radical (unpaired) electrons. The number of ether oxygens (including phenoxy) is 3. The molecular weight excluding hydrogens is 394 g/mol. The van der Waals surface area contributed by atoms with Crippen LogP contribution in [0.5, 0.6) is 0 Å². The van der Waals surface area contributed by atoms with Gasteiger partial charge in [-0.25, -0.2) is 0 Å². The summed E-state index contributed by atoms with van der Waals surface area (Å²) in [7, 11) is 1.23. The summed E-state index contributed by atoms with van der Waals surface area (Å²) in [4.78, 5) is 0. The van der Waals surface area contributed by atoms with Gasteiger partial charge in [0.15, 0.2) is 6.29 Å². The highest BCUT2D eigenvalue weighted by atomic mass is 32.7. The smallest absolute Gasteiger partial charge is 0.310 e. The van der Waals surface area contributed by atoms with Crippen LogP contribution in [-0.2, 0) is 25.5 Å². The van der Waals surface area contributed by atoms with Crippen LogP contribution in [0.1, 0.15) is 49.5 Å². The van der Waals surface area contributed by atoms with Crippen molar-refractivity contribution < 1.29 is 24.0 Å². The quantitative estimate of drug-likeness (QED) is 0.208. The first kappa shape index (κ1) is 22.3. The molecule has 2 saturated heterocycles. The van der Waals surface area contributed by atoms with E-state index in [0.29, 0.717) is 28.1 Å². The molecule has 0 bridgehead atoms. The summed E-state index contributed by atoms with van der Waals surface area (Å²) in [5.74, 6) is 0. The van der Waals surface area contributed by atoms with E-state index in [4.69, 9.17) is 18.9 Å². The lowest BCUT2D eigenvalue weighted by Gasteiger charge is -2.36. The van der Waals surface area contributed by atoms with E-state index < -0.39 is 0 Å². The van der Waals surface area contributed by atoms with Gasteiger partial charge in [0, 0.05) is 18.6 Å². The number of hydrogen-bond donors (Lipinski definition) is 2. The summed E-state index contributed by atoms with van der Waals surface area (Å²) < 4.78 is 23.9. The van der Waals surface area contributed by atoms with Crippen LogP contribution >= 0.6 is 19.9 Å². The zero-order valence-electron chi connectivity index (χ0n) is 16.2. The van der Waals surface area contributed by atoms with E-state index in [-0.39, 0.29) is 31.2 Å². The summed E-state index contributed by atoms with van der Waals surface area (Å²) in [6, 6.07) is 7.73. The van der Waals surface area contributed by atoms with E-state index in [1.807, 2.05) is 24.3 Å². The molecule has 0 spiro atoms. The highest BCUT2D eigenvalue weighted by molar-refractivity contribution is 8.46. The Bertz CT molecular complexity index is 634. The van der Waals surface area contributed by atoms with Gasteiger partial charge in [-0.3, -0.25) is 0 Å². The third kappa shape index (κ3) is 6.84. The van der Waals surface area contributed by atoms with Crippen LogP contribution < -0.4 is 0 Å². The van der Waals surface area contributed by atoms with Gasteiger partial charge in [0.2, 0.25) is 0 Å². The third-order valence-electron chi connectivity index (χ3n) is 5.13. The summed E-state index contributed by atoms with van der Waals surface area (Å²) in [6.07, 6.45) is 4.40. The Balaban J connectivity index is 1.51. The van der Waals surface area contributed by atoms with E-state index in [2.05, 4.69) is 18.8 Å². The number of aliphatic hydroxyl groups is 1. The average molecular weight is 424 g/mol. The van der Waals surface area contributed by atoms with Crippen LogP contribution in [-0.4, -0.2) is 43.8 Å². The van der Waals surface area contributed by atoms with Crippen molar-refractivity contribution in [2.75, 3.05) is 13.2 Å². The summed E-state index contributed by atoms with van der Waals surface area (Å²) in [5, 5.41) is 9.35. The number of aliphatic hydroxyl groups excluding tert-OH is 1. The third-order valence-corrected chi connectivity index (χ3v) is 5.85. The maximum absolute atomic E-state index is 9.35. The maximum Gasteiger partial charge on any atom is 0.310 e. The van der Waals surface area contributed by atoms with Crippen LogP contribution in [0.3, 0.4) is 0 Å². The van der Waals surface area contributed by atoms with Gasteiger partial charge < -0.3 is 24.0 Å². The first-order chi connectivity index (χ1) is 13.7. The van der Waals surface area contributed by atoms with Crippen molar-refractivity contribution in [3.8, 4) is 0 Å². The Labute approximate surface area is 175 Å². The summed E-state index contributed by atoms with van der Waals surface area (Å²) in [5.41, 5.74) is 3.06. The van der Waals surface area contributed by atoms with Crippen molar-refractivity contribution in [3.63, 3.8) is 0 Å². The van der Waals surface area contributed by atoms with Crippen molar-refractivity contribution in [2.24, 2.45) is 0 Å². The first-order valence-corrected chi connectivity index (χ1v) is 12.4. The lowest BCUT2D eigenvalue weighted by atomic mass is 9.94.